The summed E-state index contributed by atoms with van der Waals surface area (Å²) >= 11 is 0. The van der Waals surface area contributed by atoms with E-state index in [-0.39, 0.29) is 6.54 Å². The minimum Gasteiger partial charge on any atom is -0.496 e. The van der Waals surface area contributed by atoms with Crippen LogP contribution in [0.5, 0.6) is 5.75 Å². The number of carbonyl (C=O) groups is 1. The van der Waals surface area contributed by atoms with Crippen LogP contribution in [0, 0.1) is 6.57 Å². The van der Waals surface area contributed by atoms with Crippen LogP contribution in [0.3, 0.4) is 0 Å². The zero-order valence-corrected chi connectivity index (χ0v) is 8.61. The molecule has 4 nitrogen and oxygen atoms in total. The summed E-state index contributed by atoms with van der Waals surface area (Å²) in [5.74, 6) is 0.197. The van der Waals surface area contributed by atoms with Crippen molar-refractivity contribution < 1.29 is 14.3 Å². The second-order valence-corrected chi connectivity index (χ2v) is 2.83. The molecular formula is C11H11NO3. The minimum atomic E-state index is -0.413. The largest absolute Gasteiger partial charge is 0.496 e. The molecule has 78 valence electrons. The van der Waals surface area contributed by atoms with E-state index in [2.05, 4.69) is 9.58 Å². The van der Waals surface area contributed by atoms with Crippen LogP contribution in [0.1, 0.15) is 15.9 Å². The first-order valence-electron chi connectivity index (χ1n) is 4.31. The van der Waals surface area contributed by atoms with Gasteiger partial charge in [-0.05, 0) is 18.2 Å². The van der Waals surface area contributed by atoms with Crippen molar-refractivity contribution in [1.29, 1.82) is 0 Å². The van der Waals surface area contributed by atoms with Gasteiger partial charge in [0.2, 0.25) is 6.54 Å². The fourth-order valence-electron chi connectivity index (χ4n) is 1.23. The van der Waals surface area contributed by atoms with E-state index >= 15 is 0 Å². The lowest BCUT2D eigenvalue weighted by Crippen LogP contribution is -2.02. The van der Waals surface area contributed by atoms with Crippen LogP contribution >= 0.6 is 0 Å². The van der Waals surface area contributed by atoms with Gasteiger partial charge in [-0.2, -0.15) is 0 Å². The summed E-state index contributed by atoms with van der Waals surface area (Å²) in [4.78, 5) is 14.5. The third kappa shape index (κ3) is 2.47. The van der Waals surface area contributed by atoms with Crippen LogP contribution in [-0.2, 0) is 11.3 Å². The zero-order valence-electron chi connectivity index (χ0n) is 8.61. The maximum absolute atomic E-state index is 11.2. The topological polar surface area (TPSA) is 39.9 Å². The van der Waals surface area contributed by atoms with Gasteiger partial charge in [-0.15, -0.1) is 0 Å². The highest BCUT2D eigenvalue weighted by Crippen LogP contribution is 2.21. The molecule has 0 spiro atoms. The highest BCUT2D eigenvalue weighted by atomic mass is 16.5. The lowest BCUT2D eigenvalue weighted by molar-refractivity contribution is 0.0600. The Morgan fingerprint density at radius 3 is 2.73 bits per heavy atom. The Morgan fingerprint density at radius 1 is 1.47 bits per heavy atom. The summed E-state index contributed by atoms with van der Waals surface area (Å²) in [5, 5.41) is 0. The molecule has 1 aromatic carbocycles. The number of carbonyl (C=O) groups excluding carboxylic acids is 1. The van der Waals surface area contributed by atoms with Gasteiger partial charge >= 0.3 is 5.97 Å². The Morgan fingerprint density at radius 2 is 2.20 bits per heavy atom. The summed E-state index contributed by atoms with van der Waals surface area (Å²) in [6.45, 7) is 6.98. The van der Waals surface area contributed by atoms with E-state index in [0.717, 1.165) is 0 Å². The van der Waals surface area contributed by atoms with Crippen LogP contribution < -0.4 is 4.74 Å². The van der Waals surface area contributed by atoms with Crippen molar-refractivity contribution in [3.63, 3.8) is 0 Å². The van der Waals surface area contributed by atoms with Crippen LogP contribution in [0.4, 0.5) is 0 Å². The number of benzene rings is 1. The fourth-order valence-corrected chi connectivity index (χ4v) is 1.23. The summed E-state index contributed by atoms with van der Waals surface area (Å²) < 4.78 is 9.66. The van der Waals surface area contributed by atoms with Crippen molar-refractivity contribution in [2.45, 2.75) is 6.54 Å². The zero-order chi connectivity index (χ0) is 11.3. The molecule has 0 aliphatic carbocycles. The second kappa shape index (κ2) is 5.01. The van der Waals surface area contributed by atoms with Crippen LogP contribution in [-0.4, -0.2) is 20.2 Å². The summed E-state index contributed by atoms with van der Waals surface area (Å²) in [6, 6.07) is 4.88. The lowest BCUT2D eigenvalue weighted by atomic mass is 10.1. The minimum absolute atomic E-state index is 0.188. The van der Waals surface area contributed by atoms with Gasteiger partial charge in [-0.1, -0.05) is 0 Å². The van der Waals surface area contributed by atoms with E-state index in [4.69, 9.17) is 11.3 Å². The third-order valence-electron chi connectivity index (χ3n) is 1.95. The Kier molecular flexibility index (Phi) is 3.69. The molecule has 0 heterocycles. The molecule has 0 saturated carbocycles. The van der Waals surface area contributed by atoms with E-state index in [9.17, 15) is 4.79 Å². The first kappa shape index (κ1) is 11.1. The van der Waals surface area contributed by atoms with E-state index in [1.54, 1.807) is 18.2 Å². The molecule has 0 unspecified atom stereocenters. The Balaban J connectivity index is 3.11. The van der Waals surface area contributed by atoms with Gasteiger partial charge in [0.15, 0.2) is 0 Å². The Hall–Kier alpha value is -2.02. The maximum Gasteiger partial charge on any atom is 0.337 e. The molecule has 0 bridgehead atoms. The number of hydrogen-bond acceptors (Lipinski definition) is 3. The highest BCUT2D eigenvalue weighted by molar-refractivity contribution is 5.89. The van der Waals surface area contributed by atoms with Crippen molar-refractivity contribution in [1.82, 2.24) is 0 Å². The first-order chi connectivity index (χ1) is 7.22. The average molecular weight is 205 g/mol. The van der Waals surface area contributed by atoms with Gasteiger partial charge in [-0.25, -0.2) is 11.4 Å². The number of ether oxygens (including phenoxy) is 2. The molecule has 0 aliphatic rings. The molecule has 0 amide bonds. The molecule has 0 N–H and O–H groups in total. The normalized spacial score (nSPS) is 9.13. The average Bonchev–Trinajstić information content (AvgIpc) is 2.28. The van der Waals surface area contributed by atoms with Gasteiger partial charge in [0.25, 0.3) is 0 Å². The van der Waals surface area contributed by atoms with Crippen molar-refractivity contribution in [3.8, 4) is 5.75 Å². The van der Waals surface area contributed by atoms with E-state index < -0.39 is 5.97 Å². The van der Waals surface area contributed by atoms with Gasteiger partial charge in [-0.3, -0.25) is 0 Å². The van der Waals surface area contributed by atoms with Crippen molar-refractivity contribution >= 4 is 5.97 Å². The van der Waals surface area contributed by atoms with Gasteiger partial charge < -0.3 is 14.3 Å². The molecule has 1 aromatic rings. The number of esters is 1. The third-order valence-corrected chi connectivity index (χ3v) is 1.95. The van der Waals surface area contributed by atoms with Crippen LogP contribution in [0.15, 0.2) is 18.2 Å². The fraction of sp³-hybridized carbons (Fsp3) is 0.273. The lowest BCUT2D eigenvalue weighted by Gasteiger charge is -2.05. The van der Waals surface area contributed by atoms with Crippen LogP contribution in [0.25, 0.3) is 4.85 Å². The molecule has 4 heteroatoms. The summed E-state index contributed by atoms with van der Waals surface area (Å²) in [5.41, 5.74) is 1.12. The number of hydrogen-bond donors (Lipinski definition) is 0. The Bertz CT molecular complexity index is 407. The molecule has 0 atom stereocenters. The molecule has 0 aromatic heterocycles. The van der Waals surface area contributed by atoms with E-state index in [0.29, 0.717) is 16.9 Å². The summed E-state index contributed by atoms with van der Waals surface area (Å²) in [7, 11) is 2.85. The van der Waals surface area contributed by atoms with Gasteiger partial charge in [0, 0.05) is 0 Å². The predicted octanol–water partition coefficient (Wildman–Crippen LogP) is 1.90. The van der Waals surface area contributed by atoms with Gasteiger partial charge in [0.1, 0.15) is 5.75 Å². The molecule has 0 radical (unpaired) electrons. The van der Waals surface area contributed by atoms with Crippen molar-refractivity contribution in [2.24, 2.45) is 0 Å². The van der Waals surface area contributed by atoms with Crippen molar-refractivity contribution in [3.05, 3.63) is 40.7 Å². The standard InChI is InChI=1S/C11H11NO3/c1-12-7-9-6-8(11(13)15-3)4-5-10(9)14-2/h4-6H,7H2,2-3H3. The molecule has 0 saturated heterocycles. The molecule has 15 heavy (non-hydrogen) atoms. The van der Waals surface area contributed by atoms with Crippen molar-refractivity contribution in [2.75, 3.05) is 14.2 Å². The number of methoxy groups -OCH3 is 2. The first-order valence-corrected chi connectivity index (χ1v) is 4.31. The summed E-state index contributed by atoms with van der Waals surface area (Å²) in [6.07, 6.45) is 0. The van der Waals surface area contributed by atoms with Gasteiger partial charge in [0.05, 0.1) is 25.3 Å². The number of rotatable bonds is 3. The molecule has 1 rings (SSSR count). The SMILES string of the molecule is [C-]#[N+]Cc1cc(C(=O)OC)ccc1OC. The quantitative estimate of drug-likeness (QED) is 0.559. The number of nitrogens with zero attached hydrogens (tertiary/aromatic N) is 1. The molecular weight excluding hydrogens is 194 g/mol. The second-order valence-electron chi connectivity index (χ2n) is 2.83. The molecule has 0 aliphatic heterocycles. The highest BCUT2D eigenvalue weighted by Gasteiger charge is 2.11. The molecule has 0 fully saturated rings. The smallest absolute Gasteiger partial charge is 0.337 e. The van der Waals surface area contributed by atoms with E-state index in [1.807, 2.05) is 0 Å². The predicted molar refractivity (Wildman–Crippen MR) is 54.6 cm³/mol. The van der Waals surface area contributed by atoms with Crippen LogP contribution in [0.2, 0.25) is 0 Å². The Labute approximate surface area is 88.2 Å². The monoisotopic (exact) mass is 205 g/mol. The maximum atomic E-state index is 11.2. The van der Waals surface area contributed by atoms with E-state index in [1.165, 1.54) is 14.2 Å².